The molecular weight excluding hydrogens is 481 g/mol. The number of ether oxygens (including phenoxy) is 1. The lowest BCUT2D eigenvalue weighted by molar-refractivity contribution is -0.192. The maximum absolute atomic E-state index is 12.7. The predicted molar refractivity (Wildman–Crippen MR) is 122 cm³/mol. The van der Waals surface area contributed by atoms with Crippen LogP contribution in [-0.4, -0.2) is 73.5 Å². The normalized spacial score (nSPS) is 18.4. The molecule has 1 fully saturated rings. The van der Waals surface area contributed by atoms with Crippen LogP contribution < -0.4 is 5.32 Å². The van der Waals surface area contributed by atoms with Gasteiger partial charge in [-0.25, -0.2) is 4.79 Å². The van der Waals surface area contributed by atoms with Gasteiger partial charge in [0.25, 0.3) is 5.91 Å². The quantitative estimate of drug-likeness (QED) is 0.627. The molecule has 2 aliphatic heterocycles. The lowest BCUT2D eigenvalue weighted by atomic mass is 9.78. The number of alkyl halides is 3. The summed E-state index contributed by atoms with van der Waals surface area (Å²) in [6.45, 7) is 8.82. The molecule has 4 rings (SSSR count). The first kappa shape index (κ1) is 27.5. The number of nitrogens with zero attached hydrogens (tertiary/aromatic N) is 5. The van der Waals surface area contributed by atoms with Crippen LogP contribution in [0.2, 0.25) is 0 Å². The third-order valence-corrected chi connectivity index (χ3v) is 6.44. The number of aromatic nitrogens is 4. The number of pyridine rings is 1. The topological polar surface area (TPSA) is 122 Å². The van der Waals surface area contributed by atoms with Crippen molar-refractivity contribution >= 4 is 11.9 Å². The summed E-state index contributed by atoms with van der Waals surface area (Å²) in [5.41, 5.74) is 1.26. The zero-order chi connectivity index (χ0) is 26.3. The van der Waals surface area contributed by atoms with Gasteiger partial charge in [-0.05, 0) is 50.9 Å². The molecule has 2 N–H and O–H groups in total. The Bertz CT molecular complexity index is 1020. The van der Waals surface area contributed by atoms with Crippen molar-refractivity contribution in [2.24, 2.45) is 5.41 Å². The van der Waals surface area contributed by atoms with E-state index >= 15 is 0 Å². The lowest BCUT2D eigenvalue weighted by Gasteiger charge is -2.41. The Morgan fingerprint density at radius 1 is 1.28 bits per heavy atom. The second-order valence-electron chi connectivity index (χ2n) is 9.24. The largest absolute Gasteiger partial charge is 0.490 e. The van der Waals surface area contributed by atoms with Gasteiger partial charge < -0.3 is 19.7 Å². The summed E-state index contributed by atoms with van der Waals surface area (Å²) in [5, 5.41) is 18.5. The fourth-order valence-electron chi connectivity index (χ4n) is 4.14. The molecule has 2 aromatic heterocycles. The minimum atomic E-state index is -5.08. The maximum Gasteiger partial charge on any atom is 0.490 e. The van der Waals surface area contributed by atoms with Crippen molar-refractivity contribution in [2.45, 2.75) is 65.0 Å². The van der Waals surface area contributed by atoms with Crippen LogP contribution in [-0.2, 0) is 29.2 Å². The van der Waals surface area contributed by atoms with E-state index in [1.165, 1.54) is 5.56 Å². The Balaban J connectivity index is 0.000000454. The van der Waals surface area contributed by atoms with Crippen molar-refractivity contribution in [3.8, 4) is 0 Å². The van der Waals surface area contributed by atoms with Crippen molar-refractivity contribution < 1.29 is 32.6 Å². The highest BCUT2D eigenvalue weighted by atomic mass is 19.4. The van der Waals surface area contributed by atoms with Crippen molar-refractivity contribution in [1.82, 2.24) is 30.0 Å². The number of halogens is 3. The molecule has 10 nitrogen and oxygen atoms in total. The standard InChI is InChI=1S/C21H30N6O2.C2HF3O2/c1-3-16(2)23-20(28)19-25-24-18-13-29-15-21(14-27(18)19)6-9-26(10-7-21)12-17-5-4-8-22-11-17;3-2(4,5)1(6)7/h4-5,8,11,16H,3,6-7,9-10,12-15H2,1-2H3,(H,23,28);(H,6,7). The molecule has 198 valence electrons. The molecule has 1 saturated heterocycles. The number of likely N-dealkylation sites (tertiary alicyclic amines) is 1. The Hall–Kier alpha value is -3.06. The Morgan fingerprint density at radius 3 is 2.56 bits per heavy atom. The molecule has 1 spiro atoms. The average Bonchev–Trinajstić information content (AvgIpc) is 3.14. The molecular formula is C23H31F3N6O4. The van der Waals surface area contributed by atoms with E-state index in [0.717, 1.165) is 51.3 Å². The second kappa shape index (κ2) is 11.8. The first-order chi connectivity index (χ1) is 17.0. The van der Waals surface area contributed by atoms with Crippen molar-refractivity contribution in [3.63, 3.8) is 0 Å². The second-order valence-corrected chi connectivity index (χ2v) is 9.24. The number of carbonyl (C=O) groups excluding carboxylic acids is 1. The maximum atomic E-state index is 12.7. The Kier molecular flexibility index (Phi) is 9.01. The van der Waals surface area contributed by atoms with E-state index in [-0.39, 0.29) is 17.4 Å². The average molecular weight is 513 g/mol. The highest BCUT2D eigenvalue weighted by Crippen LogP contribution is 2.36. The van der Waals surface area contributed by atoms with E-state index in [4.69, 9.17) is 14.6 Å². The molecule has 0 aliphatic carbocycles. The molecule has 0 radical (unpaired) electrons. The predicted octanol–water partition coefficient (Wildman–Crippen LogP) is 2.65. The van der Waals surface area contributed by atoms with Crippen LogP contribution in [0.5, 0.6) is 0 Å². The SMILES string of the molecule is CCC(C)NC(=O)c1nnc2n1CC1(CCN(Cc3cccnc3)CC1)COC2.O=C(O)C(F)(F)F. The third-order valence-electron chi connectivity index (χ3n) is 6.44. The smallest absolute Gasteiger partial charge is 0.475 e. The minimum absolute atomic E-state index is 0.0183. The molecule has 0 aromatic carbocycles. The molecule has 1 unspecified atom stereocenters. The molecule has 1 atom stereocenters. The van der Waals surface area contributed by atoms with Crippen molar-refractivity contribution in [2.75, 3.05) is 19.7 Å². The summed E-state index contributed by atoms with van der Waals surface area (Å²) in [5.74, 6) is -1.76. The number of nitrogens with one attached hydrogen (secondary N) is 1. The minimum Gasteiger partial charge on any atom is -0.475 e. The Morgan fingerprint density at radius 2 is 1.97 bits per heavy atom. The summed E-state index contributed by atoms with van der Waals surface area (Å²) >= 11 is 0. The van der Waals surface area contributed by atoms with Crippen LogP contribution in [0, 0.1) is 5.41 Å². The molecule has 2 aliphatic rings. The van der Waals surface area contributed by atoms with Crippen LogP contribution in [0.25, 0.3) is 0 Å². The van der Waals surface area contributed by atoms with Crippen LogP contribution in [0.1, 0.15) is 55.1 Å². The zero-order valence-corrected chi connectivity index (χ0v) is 20.3. The number of rotatable bonds is 5. The molecule has 1 amide bonds. The van der Waals surface area contributed by atoms with E-state index in [2.05, 4.69) is 38.4 Å². The van der Waals surface area contributed by atoms with Gasteiger partial charge in [-0.15, -0.1) is 10.2 Å². The first-order valence-corrected chi connectivity index (χ1v) is 11.7. The first-order valence-electron chi connectivity index (χ1n) is 11.7. The summed E-state index contributed by atoms with van der Waals surface area (Å²) in [7, 11) is 0. The van der Waals surface area contributed by atoms with Crippen molar-refractivity contribution in [3.05, 3.63) is 41.7 Å². The molecule has 4 heterocycles. The molecule has 13 heteroatoms. The molecule has 2 aromatic rings. The number of carbonyl (C=O) groups is 2. The molecule has 36 heavy (non-hydrogen) atoms. The number of hydrogen-bond donors (Lipinski definition) is 2. The summed E-state index contributed by atoms with van der Waals surface area (Å²) in [4.78, 5) is 28.3. The van der Waals surface area contributed by atoms with Gasteiger partial charge in [0, 0.05) is 36.9 Å². The fourth-order valence-corrected chi connectivity index (χ4v) is 4.14. The highest BCUT2D eigenvalue weighted by Gasteiger charge is 2.39. The monoisotopic (exact) mass is 512 g/mol. The van der Waals surface area contributed by atoms with Gasteiger partial charge in [0.15, 0.2) is 5.82 Å². The molecule has 0 bridgehead atoms. The van der Waals surface area contributed by atoms with Crippen LogP contribution in [0.15, 0.2) is 24.5 Å². The number of hydrogen-bond acceptors (Lipinski definition) is 7. The van der Waals surface area contributed by atoms with Crippen LogP contribution >= 0.6 is 0 Å². The van der Waals surface area contributed by atoms with Gasteiger partial charge in [-0.2, -0.15) is 13.2 Å². The number of carboxylic acid groups (broad SMARTS) is 1. The van der Waals surface area contributed by atoms with Gasteiger partial charge in [-0.1, -0.05) is 13.0 Å². The zero-order valence-electron chi connectivity index (χ0n) is 20.3. The van der Waals surface area contributed by atoms with Gasteiger partial charge in [0.05, 0.1) is 6.61 Å². The van der Waals surface area contributed by atoms with E-state index in [0.29, 0.717) is 19.0 Å². The van der Waals surface area contributed by atoms with Gasteiger partial charge in [0.2, 0.25) is 5.82 Å². The number of carboxylic acids is 1. The van der Waals surface area contributed by atoms with Gasteiger partial charge in [-0.3, -0.25) is 14.7 Å². The number of piperidine rings is 1. The fraction of sp³-hybridized carbons (Fsp3) is 0.609. The van der Waals surface area contributed by atoms with E-state index in [9.17, 15) is 18.0 Å². The lowest BCUT2D eigenvalue weighted by Crippen LogP contribution is -2.44. The summed E-state index contributed by atoms with van der Waals surface area (Å²) < 4.78 is 39.7. The van der Waals surface area contributed by atoms with Gasteiger partial charge in [0.1, 0.15) is 6.61 Å². The number of fused-ring (bicyclic) bond motifs is 1. The summed E-state index contributed by atoms with van der Waals surface area (Å²) in [6, 6.07) is 4.22. The van der Waals surface area contributed by atoms with Gasteiger partial charge >= 0.3 is 12.1 Å². The van der Waals surface area contributed by atoms with Crippen LogP contribution in [0.4, 0.5) is 13.2 Å². The highest BCUT2D eigenvalue weighted by molar-refractivity contribution is 5.90. The van der Waals surface area contributed by atoms with Crippen LogP contribution in [0.3, 0.4) is 0 Å². The third kappa shape index (κ3) is 7.23. The Labute approximate surface area is 206 Å². The van der Waals surface area contributed by atoms with E-state index < -0.39 is 12.1 Å². The number of amides is 1. The molecule has 0 saturated carbocycles. The van der Waals surface area contributed by atoms with E-state index in [1.54, 1.807) is 0 Å². The van der Waals surface area contributed by atoms with E-state index in [1.807, 2.05) is 30.0 Å². The summed E-state index contributed by atoms with van der Waals surface area (Å²) in [6.07, 6.45) is 1.59. The number of aliphatic carboxylic acids is 1. The van der Waals surface area contributed by atoms with Crippen molar-refractivity contribution in [1.29, 1.82) is 0 Å².